The van der Waals surface area contributed by atoms with Crippen LogP contribution in [0, 0.1) is 11.8 Å². The SMILES string of the molecule is CC(CN)(NC(=O)C1CCCN(C(=O)N2CCCC2)C1)C1CC1. The van der Waals surface area contributed by atoms with E-state index in [9.17, 15) is 9.59 Å². The van der Waals surface area contributed by atoms with Crippen LogP contribution in [0.5, 0.6) is 0 Å². The summed E-state index contributed by atoms with van der Waals surface area (Å²) >= 11 is 0. The number of likely N-dealkylation sites (tertiary alicyclic amines) is 2. The molecule has 6 heteroatoms. The Balaban J connectivity index is 1.57. The van der Waals surface area contributed by atoms with Gasteiger partial charge in [0.15, 0.2) is 0 Å². The Morgan fingerprint density at radius 3 is 2.35 bits per heavy atom. The monoisotopic (exact) mass is 322 g/mol. The summed E-state index contributed by atoms with van der Waals surface area (Å²) in [6.07, 6.45) is 6.26. The van der Waals surface area contributed by atoms with Crippen molar-refractivity contribution in [2.45, 2.75) is 51.0 Å². The van der Waals surface area contributed by atoms with Crippen molar-refractivity contribution in [2.24, 2.45) is 17.6 Å². The number of nitrogens with zero attached hydrogens (tertiary/aromatic N) is 2. The lowest BCUT2D eigenvalue weighted by Gasteiger charge is -2.37. The molecule has 130 valence electrons. The molecule has 2 heterocycles. The van der Waals surface area contributed by atoms with Gasteiger partial charge in [-0.3, -0.25) is 4.79 Å². The van der Waals surface area contributed by atoms with Gasteiger partial charge in [-0.1, -0.05) is 0 Å². The van der Waals surface area contributed by atoms with Crippen LogP contribution in [0.15, 0.2) is 0 Å². The highest BCUT2D eigenvalue weighted by molar-refractivity contribution is 5.81. The van der Waals surface area contributed by atoms with E-state index in [2.05, 4.69) is 12.2 Å². The highest BCUT2D eigenvalue weighted by atomic mass is 16.2. The molecule has 2 atom stereocenters. The van der Waals surface area contributed by atoms with Crippen molar-refractivity contribution in [2.75, 3.05) is 32.7 Å². The standard InChI is InChI=1S/C17H30N4O2/c1-17(12-18,14-6-7-14)19-15(22)13-5-4-10-21(11-13)16(23)20-8-2-3-9-20/h13-14H,2-12,18H2,1H3,(H,19,22). The third-order valence-electron chi connectivity index (χ3n) is 5.75. The highest BCUT2D eigenvalue weighted by Gasteiger charge is 2.43. The molecule has 6 nitrogen and oxygen atoms in total. The molecule has 3 fully saturated rings. The molecule has 2 aliphatic heterocycles. The lowest BCUT2D eigenvalue weighted by molar-refractivity contribution is -0.128. The summed E-state index contributed by atoms with van der Waals surface area (Å²) in [5.41, 5.74) is 5.62. The molecule has 0 aromatic carbocycles. The van der Waals surface area contributed by atoms with Crippen molar-refractivity contribution in [3.8, 4) is 0 Å². The number of rotatable bonds is 4. The van der Waals surface area contributed by atoms with Gasteiger partial charge in [0.25, 0.3) is 0 Å². The van der Waals surface area contributed by atoms with Gasteiger partial charge in [-0.15, -0.1) is 0 Å². The van der Waals surface area contributed by atoms with Gasteiger partial charge >= 0.3 is 6.03 Å². The third-order valence-corrected chi connectivity index (χ3v) is 5.75. The summed E-state index contributed by atoms with van der Waals surface area (Å²) in [6.45, 7) is 5.58. The first kappa shape index (κ1) is 16.6. The molecule has 3 rings (SSSR count). The van der Waals surface area contributed by atoms with Crippen molar-refractivity contribution in [3.05, 3.63) is 0 Å². The lowest BCUT2D eigenvalue weighted by atomic mass is 9.92. The van der Waals surface area contributed by atoms with Crippen LogP contribution < -0.4 is 11.1 Å². The Morgan fingerprint density at radius 1 is 1.09 bits per heavy atom. The van der Waals surface area contributed by atoms with Gasteiger partial charge < -0.3 is 20.9 Å². The second-order valence-electron chi connectivity index (χ2n) is 7.65. The average molecular weight is 322 g/mol. The summed E-state index contributed by atoms with van der Waals surface area (Å²) in [5.74, 6) is 0.492. The molecule has 0 bridgehead atoms. The molecule has 23 heavy (non-hydrogen) atoms. The van der Waals surface area contributed by atoms with Crippen molar-refractivity contribution in [1.29, 1.82) is 0 Å². The van der Waals surface area contributed by atoms with Crippen LogP contribution in [0.2, 0.25) is 0 Å². The van der Waals surface area contributed by atoms with E-state index < -0.39 is 0 Å². The van der Waals surface area contributed by atoms with E-state index in [4.69, 9.17) is 5.73 Å². The van der Waals surface area contributed by atoms with E-state index in [-0.39, 0.29) is 23.4 Å². The van der Waals surface area contributed by atoms with Gasteiger partial charge in [-0.25, -0.2) is 4.79 Å². The van der Waals surface area contributed by atoms with Crippen molar-refractivity contribution >= 4 is 11.9 Å². The number of piperidine rings is 1. The predicted octanol–water partition coefficient (Wildman–Crippen LogP) is 1.16. The lowest BCUT2D eigenvalue weighted by Crippen LogP contribution is -2.57. The van der Waals surface area contributed by atoms with Gasteiger partial charge in [0.2, 0.25) is 5.91 Å². The molecule has 0 radical (unpaired) electrons. The number of carbonyl (C=O) groups is 2. The smallest absolute Gasteiger partial charge is 0.320 e. The van der Waals surface area contributed by atoms with Crippen molar-refractivity contribution < 1.29 is 9.59 Å². The zero-order valence-electron chi connectivity index (χ0n) is 14.2. The maximum atomic E-state index is 12.7. The number of nitrogens with two attached hydrogens (primary N) is 1. The van der Waals surface area contributed by atoms with Crippen LogP contribution in [-0.4, -0.2) is 60.0 Å². The second-order valence-corrected chi connectivity index (χ2v) is 7.65. The maximum absolute atomic E-state index is 12.7. The predicted molar refractivity (Wildman–Crippen MR) is 88.8 cm³/mol. The van der Waals surface area contributed by atoms with E-state index in [1.54, 1.807) is 0 Å². The molecule has 3 aliphatic rings. The highest BCUT2D eigenvalue weighted by Crippen LogP contribution is 2.39. The zero-order chi connectivity index (χ0) is 16.4. The summed E-state index contributed by atoms with van der Waals surface area (Å²) in [6, 6.07) is 0.115. The van der Waals surface area contributed by atoms with Crippen LogP contribution in [-0.2, 0) is 4.79 Å². The Labute approximate surface area is 138 Å². The number of urea groups is 1. The second kappa shape index (κ2) is 6.67. The molecule has 0 aromatic heterocycles. The minimum Gasteiger partial charge on any atom is -0.349 e. The van der Waals surface area contributed by atoms with Gasteiger partial charge in [-0.05, 0) is 51.4 Å². The summed E-state index contributed by atoms with van der Waals surface area (Å²) in [7, 11) is 0. The fourth-order valence-corrected chi connectivity index (χ4v) is 3.90. The first-order chi connectivity index (χ1) is 11.0. The largest absolute Gasteiger partial charge is 0.349 e. The van der Waals surface area contributed by atoms with Crippen LogP contribution >= 0.6 is 0 Å². The molecule has 3 amide bonds. The molecule has 1 aliphatic carbocycles. The Bertz CT molecular complexity index is 460. The number of amides is 3. The van der Waals surface area contributed by atoms with E-state index in [0.717, 1.165) is 58.2 Å². The Morgan fingerprint density at radius 2 is 1.74 bits per heavy atom. The van der Waals surface area contributed by atoms with Gasteiger partial charge in [0, 0.05) is 32.7 Å². The van der Waals surface area contributed by atoms with E-state index in [1.807, 2.05) is 9.80 Å². The third kappa shape index (κ3) is 3.62. The topological polar surface area (TPSA) is 78.7 Å². The fraction of sp³-hybridized carbons (Fsp3) is 0.882. The fourth-order valence-electron chi connectivity index (χ4n) is 3.90. The van der Waals surface area contributed by atoms with Crippen LogP contribution in [0.3, 0.4) is 0 Å². The molecule has 0 aromatic rings. The van der Waals surface area contributed by atoms with Gasteiger partial charge in [0.05, 0.1) is 11.5 Å². The molecule has 2 unspecified atom stereocenters. The van der Waals surface area contributed by atoms with Crippen molar-refractivity contribution in [1.82, 2.24) is 15.1 Å². The number of nitrogens with one attached hydrogen (secondary N) is 1. The van der Waals surface area contributed by atoms with Gasteiger partial charge in [-0.2, -0.15) is 0 Å². The number of hydrogen-bond donors (Lipinski definition) is 2. The molecule has 3 N–H and O–H groups in total. The molecule has 0 spiro atoms. The van der Waals surface area contributed by atoms with E-state index in [0.29, 0.717) is 19.0 Å². The van der Waals surface area contributed by atoms with Crippen LogP contribution in [0.25, 0.3) is 0 Å². The van der Waals surface area contributed by atoms with Crippen LogP contribution in [0.1, 0.15) is 45.4 Å². The first-order valence-corrected chi connectivity index (χ1v) is 9.09. The van der Waals surface area contributed by atoms with E-state index in [1.165, 1.54) is 0 Å². The van der Waals surface area contributed by atoms with Crippen molar-refractivity contribution in [3.63, 3.8) is 0 Å². The quantitative estimate of drug-likeness (QED) is 0.815. The number of hydrogen-bond acceptors (Lipinski definition) is 3. The first-order valence-electron chi connectivity index (χ1n) is 9.09. The summed E-state index contributed by atoms with van der Waals surface area (Å²) in [5, 5.41) is 3.19. The molecule has 1 saturated carbocycles. The Kier molecular flexibility index (Phi) is 4.80. The zero-order valence-corrected chi connectivity index (χ0v) is 14.2. The minimum atomic E-state index is -0.279. The molecule has 2 saturated heterocycles. The van der Waals surface area contributed by atoms with Gasteiger partial charge in [0.1, 0.15) is 0 Å². The summed E-state index contributed by atoms with van der Waals surface area (Å²) < 4.78 is 0. The van der Waals surface area contributed by atoms with Crippen LogP contribution in [0.4, 0.5) is 4.79 Å². The average Bonchev–Trinajstić information content (AvgIpc) is 3.30. The number of carbonyl (C=O) groups excluding carboxylic acids is 2. The maximum Gasteiger partial charge on any atom is 0.320 e. The Hall–Kier alpha value is -1.30. The molecular formula is C17H30N4O2. The normalized spacial score (nSPS) is 27.7. The van der Waals surface area contributed by atoms with E-state index >= 15 is 0 Å². The summed E-state index contributed by atoms with van der Waals surface area (Å²) in [4.78, 5) is 29.0. The molecular weight excluding hydrogens is 292 g/mol. The minimum absolute atomic E-state index is 0.0729.